The molecule has 0 radical (unpaired) electrons. The molecule has 6 aromatic rings. The molecule has 0 aliphatic carbocycles. The zero-order valence-electron chi connectivity index (χ0n) is 27.8. The molecule has 13 heteroatoms. The molecule has 0 atom stereocenters. The third kappa shape index (κ3) is 11.6. The third-order valence-electron chi connectivity index (χ3n) is 6.83. The Kier molecular flexibility index (Phi) is 14.1. The molecule has 2 heterocycles. The highest BCUT2D eigenvalue weighted by Gasteiger charge is 2.30. The predicted molar refractivity (Wildman–Crippen MR) is 202 cm³/mol. The molecule has 0 unspecified atom stereocenters. The number of aryl methyl sites for hydroxylation is 1. The van der Waals surface area contributed by atoms with Crippen LogP contribution in [0.4, 0.5) is 18.9 Å². The number of hydrogen-bond donors (Lipinski definition) is 1. The van der Waals surface area contributed by atoms with Crippen LogP contribution in [0, 0.1) is 18.3 Å². The summed E-state index contributed by atoms with van der Waals surface area (Å²) in [6.45, 7) is 7.23. The fourth-order valence-electron chi connectivity index (χ4n) is 4.11. The zero-order chi connectivity index (χ0) is 36.8. The van der Waals surface area contributed by atoms with E-state index in [1.807, 2.05) is 85.8 Å². The van der Waals surface area contributed by atoms with Gasteiger partial charge in [0.05, 0.1) is 34.7 Å². The van der Waals surface area contributed by atoms with Crippen LogP contribution in [-0.2, 0) is 11.0 Å². The second-order valence-electron chi connectivity index (χ2n) is 10.4. The van der Waals surface area contributed by atoms with Crippen molar-refractivity contribution in [1.29, 1.82) is 5.26 Å². The first-order chi connectivity index (χ1) is 24.5. The van der Waals surface area contributed by atoms with Crippen molar-refractivity contribution in [2.24, 2.45) is 0 Å². The number of allylic oxidation sites excluding steroid dienone is 3. The van der Waals surface area contributed by atoms with Crippen molar-refractivity contribution in [2.45, 2.75) is 24.4 Å². The minimum atomic E-state index is -4.30. The Morgan fingerprint density at radius 3 is 2.22 bits per heavy atom. The Morgan fingerprint density at radius 1 is 0.980 bits per heavy atom. The number of anilines is 1. The van der Waals surface area contributed by atoms with E-state index in [-0.39, 0.29) is 5.91 Å². The normalized spacial score (nSPS) is 11.0. The summed E-state index contributed by atoms with van der Waals surface area (Å²) in [6.07, 6.45) is -1.06. The van der Waals surface area contributed by atoms with Gasteiger partial charge < -0.3 is 10.1 Å². The Hall–Kier alpha value is -5.29. The minimum Gasteiger partial charge on any atom is -0.497 e. The summed E-state index contributed by atoms with van der Waals surface area (Å²) >= 11 is 4.15. The molecule has 0 fully saturated rings. The SMILES string of the molecule is C=C/C(C#N)=C\C.COc1ccc(-c2nsc(SCC(=O)Nc3ccc(C)cc3)n2)cc1.FC(F)(F)c1ccc(-c2nc3ccccc3s2)cc1. The molecule has 6 rings (SSSR count). The van der Waals surface area contributed by atoms with Crippen LogP contribution in [0.1, 0.15) is 18.1 Å². The topological polar surface area (TPSA) is 101 Å². The average molecular weight is 744 g/mol. The van der Waals surface area contributed by atoms with Gasteiger partial charge in [0.1, 0.15) is 10.8 Å². The molecular weight excluding hydrogens is 712 g/mol. The Morgan fingerprint density at radius 2 is 1.65 bits per heavy atom. The molecule has 2 aromatic heterocycles. The number of hydrogen-bond acceptors (Lipinski definition) is 9. The number of ether oxygens (including phenoxy) is 1. The number of carbonyl (C=O) groups is 1. The van der Waals surface area contributed by atoms with Crippen molar-refractivity contribution in [3.63, 3.8) is 0 Å². The number of methoxy groups -OCH3 is 1. The van der Waals surface area contributed by atoms with Crippen molar-refractivity contribution < 1.29 is 22.7 Å². The van der Waals surface area contributed by atoms with E-state index in [0.717, 1.165) is 54.3 Å². The number of fused-ring (bicyclic) bond motifs is 1. The van der Waals surface area contributed by atoms with Crippen LogP contribution >= 0.6 is 34.6 Å². The molecule has 51 heavy (non-hydrogen) atoms. The molecule has 4 aromatic carbocycles. The van der Waals surface area contributed by atoms with E-state index in [1.54, 1.807) is 20.1 Å². The van der Waals surface area contributed by atoms with Gasteiger partial charge in [0.15, 0.2) is 10.2 Å². The Bertz CT molecular complexity index is 2090. The number of nitriles is 1. The molecular formula is C38H32F3N5O2S3. The molecule has 0 bridgehead atoms. The van der Waals surface area contributed by atoms with E-state index in [2.05, 4.69) is 26.2 Å². The Balaban J connectivity index is 0.000000198. The van der Waals surface area contributed by atoms with Gasteiger partial charge in [-0.15, -0.1) is 11.3 Å². The van der Waals surface area contributed by atoms with Gasteiger partial charge in [0, 0.05) is 22.4 Å². The van der Waals surface area contributed by atoms with Crippen LogP contribution in [0.3, 0.4) is 0 Å². The van der Waals surface area contributed by atoms with E-state index in [1.165, 1.54) is 52.8 Å². The molecule has 7 nitrogen and oxygen atoms in total. The van der Waals surface area contributed by atoms with Gasteiger partial charge in [0.25, 0.3) is 0 Å². The maximum atomic E-state index is 12.5. The van der Waals surface area contributed by atoms with E-state index in [9.17, 15) is 18.0 Å². The highest BCUT2D eigenvalue weighted by Crippen LogP contribution is 2.34. The lowest BCUT2D eigenvalue weighted by Crippen LogP contribution is -2.13. The second-order valence-corrected chi connectivity index (χ2v) is 13.4. The van der Waals surface area contributed by atoms with Crippen molar-refractivity contribution >= 4 is 56.4 Å². The number of para-hydroxylation sites is 1. The monoisotopic (exact) mass is 743 g/mol. The summed E-state index contributed by atoms with van der Waals surface area (Å²) in [5.41, 5.74) is 4.43. The number of benzene rings is 4. The summed E-state index contributed by atoms with van der Waals surface area (Å²) in [6, 6.07) is 30.0. The maximum Gasteiger partial charge on any atom is 0.416 e. The van der Waals surface area contributed by atoms with E-state index in [0.29, 0.717) is 22.7 Å². The lowest BCUT2D eigenvalue weighted by Gasteiger charge is -2.06. The first-order valence-corrected chi connectivity index (χ1v) is 17.8. The molecule has 0 saturated carbocycles. The number of nitrogens with one attached hydrogen (secondary N) is 1. The standard InChI is InChI=1S/C18H17N3O2S2.C14H8F3NS.C6H7N/c1-12-3-7-14(8-4-12)19-16(22)11-24-18-20-17(21-25-18)13-5-9-15(23-2)10-6-13;15-14(16,17)10-7-5-9(6-8-10)13-18-11-3-1-2-4-12(11)19-13;1-3-6(4-2)5-7/h3-10H,11H2,1-2H3,(H,19,22);1-8H;3-4H,1H2,2H3/b;;6-4+. The summed E-state index contributed by atoms with van der Waals surface area (Å²) in [7, 11) is 1.63. The van der Waals surface area contributed by atoms with Crippen LogP contribution in [0.25, 0.3) is 32.2 Å². The zero-order valence-corrected chi connectivity index (χ0v) is 30.2. The smallest absolute Gasteiger partial charge is 0.416 e. The number of carbonyl (C=O) groups excluding carboxylic acids is 1. The molecule has 1 N–H and O–H groups in total. The fraction of sp³-hybridized carbons (Fsp3) is 0.132. The van der Waals surface area contributed by atoms with Gasteiger partial charge >= 0.3 is 6.18 Å². The second kappa shape index (κ2) is 18.6. The summed E-state index contributed by atoms with van der Waals surface area (Å²) < 4.78 is 48.7. The highest BCUT2D eigenvalue weighted by molar-refractivity contribution is 8.01. The largest absolute Gasteiger partial charge is 0.497 e. The molecule has 0 saturated heterocycles. The molecule has 260 valence electrons. The van der Waals surface area contributed by atoms with Crippen LogP contribution in [0.15, 0.2) is 126 Å². The Labute approximate surface area is 306 Å². The van der Waals surface area contributed by atoms with Crippen molar-refractivity contribution in [2.75, 3.05) is 18.2 Å². The summed E-state index contributed by atoms with van der Waals surface area (Å²) in [5, 5.41) is 11.7. The molecule has 1 amide bonds. The first kappa shape index (κ1) is 38.5. The average Bonchev–Trinajstić information content (AvgIpc) is 3.81. The lowest BCUT2D eigenvalue weighted by molar-refractivity contribution is -0.137. The number of aromatic nitrogens is 3. The number of thioether (sulfide) groups is 1. The maximum absolute atomic E-state index is 12.5. The van der Waals surface area contributed by atoms with Gasteiger partial charge in [0.2, 0.25) is 5.91 Å². The third-order valence-corrected chi connectivity index (χ3v) is 9.75. The molecule has 0 aliphatic rings. The number of halogens is 3. The van der Waals surface area contributed by atoms with Gasteiger partial charge in [-0.2, -0.15) is 22.8 Å². The van der Waals surface area contributed by atoms with E-state index < -0.39 is 11.7 Å². The molecule has 0 spiro atoms. The van der Waals surface area contributed by atoms with Gasteiger partial charge in [-0.3, -0.25) is 4.79 Å². The number of amides is 1. The van der Waals surface area contributed by atoms with Gasteiger partial charge in [-0.1, -0.05) is 72.5 Å². The summed E-state index contributed by atoms with van der Waals surface area (Å²) in [5.74, 6) is 1.69. The van der Waals surface area contributed by atoms with Crippen molar-refractivity contribution in [3.05, 3.63) is 132 Å². The minimum absolute atomic E-state index is 0.0601. The van der Waals surface area contributed by atoms with E-state index in [4.69, 9.17) is 10.00 Å². The van der Waals surface area contributed by atoms with Crippen molar-refractivity contribution in [1.82, 2.24) is 14.3 Å². The lowest BCUT2D eigenvalue weighted by atomic mass is 10.1. The van der Waals surface area contributed by atoms with E-state index >= 15 is 0 Å². The first-order valence-electron chi connectivity index (χ1n) is 15.2. The predicted octanol–water partition coefficient (Wildman–Crippen LogP) is 10.9. The van der Waals surface area contributed by atoms with Crippen LogP contribution in [0.5, 0.6) is 5.75 Å². The van der Waals surface area contributed by atoms with Crippen LogP contribution < -0.4 is 10.1 Å². The summed E-state index contributed by atoms with van der Waals surface area (Å²) in [4.78, 5) is 20.9. The fourth-order valence-corrected chi connectivity index (χ4v) is 6.50. The van der Waals surface area contributed by atoms with Gasteiger partial charge in [-0.25, -0.2) is 9.97 Å². The molecule has 0 aliphatic heterocycles. The number of rotatable bonds is 8. The van der Waals surface area contributed by atoms with Crippen LogP contribution in [-0.4, -0.2) is 33.1 Å². The highest BCUT2D eigenvalue weighted by atomic mass is 32.2. The number of thiazole rings is 1. The quantitative estimate of drug-likeness (QED) is 0.0941. The van der Waals surface area contributed by atoms with Crippen molar-refractivity contribution in [3.8, 4) is 33.8 Å². The van der Waals surface area contributed by atoms with Gasteiger partial charge in [-0.05, 0) is 86.0 Å². The van der Waals surface area contributed by atoms with Crippen LogP contribution in [0.2, 0.25) is 0 Å². The number of nitrogens with zero attached hydrogens (tertiary/aromatic N) is 4. The number of alkyl halides is 3.